The van der Waals surface area contributed by atoms with Gasteiger partial charge < -0.3 is 19.7 Å². The molecule has 0 aliphatic carbocycles. The van der Waals surface area contributed by atoms with Gasteiger partial charge in [-0.05, 0) is 55.8 Å². The van der Waals surface area contributed by atoms with Gasteiger partial charge in [0.15, 0.2) is 18.1 Å². The second-order valence-corrected chi connectivity index (χ2v) is 6.33. The lowest BCUT2D eigenvalue weighted by Crippen LogP contribution is -2.32. The molecule has 1 aromatic carbocycles. The molecule has 0 aromatic heterocycles. The molecule has 23 heavy (non-hydrogen) atoms. The van der Waals surface area contributed by atoms with Crippen LogP contribution in [-0.4, -0.2) is 50.7 Å². The molecule has 2 aliphatic heterocycles. The number of hydrogen-bond donors (Lipinski definition) is 1. The van der Waals surface area contributed by atoms with Gasteiger partial charge in [0, 0.05) is 19.6 Å². The Kier molecular flexibility index (Phi) is 5.39. The Balaban J connectivity index is 1.63. The number of benzene rings is 1. The molecule has 2 heterocycles. The molecular formula is C18H26N2O3. The predicted molar refractivity (Wildman–Crippen MR) is 89.1 cm³/mol. The lowest BCUT2D eigenvalue weighted by molar-refractivity contribution is -0.132. The fourth-order valence-corrected chi connectivity index (χ4v) is 3.39. The summed E-state index contributed by atoms with van der Waals surface area (Å²) in [6.07, 6.45) is 4.59. The zero-order valence-electron chi connectivity index (χ0n) is 13.8. The molecule has 3 rings (SSSR count). The normalized spacial score (nSPS) is 21.3. The summed E-state index contributed by atoms with van der Waals surface area (Å²) in [6.45, 7) is 3.91. The first kappa shape index (κ1) is 16.1. The summed E-state index contributed by atoms with van der Waals surface area (Å²) in [6, 6.07) is 6.07. The van der Waals surface area contributed by atoms with E-state index in [0.717, 1.165) is 39.0 Å². The van der Waals surface area contributed by atoms with E-state index in [1.54, 1.807) is 7.11 Å². The van der Waals surface area contributed by atoms with Crippen LogP contribution in [0.4, 0.5) is 0 Å². The number of piperidine rings is 1. The fourth-order valence-electron chi connectivity index (χ4n) is 3.39. The van der Waals surface area contributed by atoms with Gasteiger partial charge in [0.25, 0.3) is 5.91 Å². The second kappa shape index (κ2) is 7.68. The van der Waals surface area contributed by atoms with Gasteiger partial charge in [-0.1, -0.05) is 6.07 Å². The average Bonchev–Trinajstić information content (AvgIpc) is 3.15. The van der Waals surface area contributed by atoms with Crippen LogP contribution in [0.2, 0.25) is 0 Å². The van der Waals surface area contributed by atoms with Crippen LogP contribution in [0.25, 0.3) is 0 Å². The molecular weight excluding hydrogens is 292 g/mol. The highest BCUT2D eigenvalue weighted by molar-refractivity contribution is 5.78. The summed E-state index contributed by atoms with van der Waals surface area (Å²) >= 11 is 0. The number of amides is 1. The van der Waals surface area contributed by atoms with Gasteiger partial charge >= 0.3 is 0 Å². The number of rotatable bonds is 5. The Morgan fingerprint density at radius 2 is 2.09 bits per heavy atom. The van der Waals surface area contributed by atoms with Crippen molar-refractivity contribution < 1.29 is 14.3 Å². The topological polar surface area (TPSA) is 50.8 Å². The lowest BCUT2D eigenvalue weighted by atomic mass is 9.91. The highest BCUT2D eigenvalue weighted by Gasteiger charge is 2.20. The first-order valence-corrected chi connectivity index (χ1v) is 8.57. The van der Waals surface area contributed by atoms with Gasteiger partial charge in [0.05, 0.1) is 7.11 Å². The van der Waals surface area contributed by atoms with Gasteiger partial charge in [-0.3, -0.25) is 4.79 Å². The average molecular weight is 318 g/mol. The van der Waals surface area contributed by atoms with Gasteiger partial charge in [0.1, 0.15) is 0 Å². The van der Waals surface area contributed by atoms with E-state index in [1.165, 1.54) is 18.4 Å². The van der Waals surface area contributed by atoms with Crippen molar-refractivity contribution in [2.24, 2.45) is 0 Å². The van der Waals surface area contributed by atoms with Gasteiger partial charge in [-0.2, -0.15) is 0 Å². The summed E-state index contributed by atoms with van der Waals surface area (Å²) in [5.41, 5.74) is 1.27. The lowest BCUT2D eigenvalue weighted by Gasteiger charge is -2.24. The number of nitrogens with one attached hydrogen (secondary N) is 1. The maximum Gasteiger partial charge on any atom is 0.260 e. The number of ether oxygens (including phenoxy) is 2. The fraction of sp³-hybridized carbons (Fsp3) is 0.611. The SMILES string of the molecule is COc1cc(C2CCCNC2)ccc1OCC(=O)N1CCCC1. The van der Waals surface area contributed by atoms with Crippen molar-refractivity contribution in [2.75, 3.05) is 39.9 Å². The quantitative estimate of drug-likeness (QED) is 0.904. The van der Waals surface area contributed by atoms with Gasteiger partial charge in [0.2, 0.25) is 0 Å². The van der Waals surface area contributed by atoms with Crippen molar-refractivity contribution in [3.05, 3.63) is 23.8 Å². The van der Waals surface area contributed by atoms with Crippen molar-refractivity contribution in [3.63, 3.8) is 0 Å². The zero-order valence-corrected chi connectivity index (χ0v) is 13.8. The predicted octanol–water partition coefficient (Wildman–Crippen LogP) is 2.16. The minimum Gasteiger partial charge on any atom is -0.493 e. The Morgan fingerprint density at radius 3 is 2.78 bits per heavy atom. The molecule has 0 bridgehead atoms. The third kappa shape index (κ3) is 3.96. The third-order valence-corrected chi connectivity index (χ3v) is 4.77. The van der Waals surface area contributed by atoms with Crippen LogP contribution >= 0.6 is 0 Å². The number of carbonyl (C=O) groups is 1. The maximum absolute atomic E-state index is 12.1. The Bertz CT molecular complexity index is 535. The van der Waals surface area contributed by atoms with E-state index in [9.17, 15) is 4.79 Å². The molecule has 1 atom stereocenters. The summed E-state index contributed by atoms with van der Waals surface area (Å²) in [5, 5.41) is 3.43. The van der Waals surface area contributed by atoms with E-state index in [-0.39, 0.29) is 12.5 Å². The van der Waals surface area contributed by atoms with E-state index >= 15 is 0 Å². The first-order chi connectivity index (χ1) is 11.3. The monoisotopic (exact) mass is 318 g/mol. The van der Waals surface area contributed by atoms with Crippen LogP contribution in [0.1, 0.15) is 37.2 Å². The molecule has 1 amide bonds. The highest BCUT2D eigenvalue weighted by atomic mass is 16.5. The van der Waals surface area contributed by atoms with Gasteiger partial charge in [-0.15, -0.1) is 0 Å². The molecule has 0 saturated carbocycles. The van der Waals surface area contributed by atoms with E-state index in [2.05, 4.69) is 11.4 Å². The van der Waals surface area contributed by atoms with Crippen molar-refractivity contribution in [2.45, 2.75) is 31.6 Å². The molecule has 5 nitrogen and oxygen atoms in total. The van der Waals surface area contributed by atoms with E-state index < -0.39 is 0 Å². The summed E-state index contributed by atoms with van der Waals surface area (Å²) in [5.74, 6) is 1.94. The van der Waals surface area contributed by atoms with E-state index in [4.69, 9.17) is 9.47 Å². The number of methoxy groups -OCH3 is 1. The van der Waals surface area contributed by atoms with Crippen LogP contribution in [0.15, 0.2) is 18.2 Å². The Morgan fingerprint density at radius 1 is 1.26 bits per heavy atom. The molecule has 0 spiro atoms. The summed E-state index contributed by atoms with van der Waals surface area (Å²) in [4.78, 5) is 14.0. The molecule has 5 heteroatoms. The summed E-state index contributed by atoms with van der Waals surface area (Å²) in [7, 11) is 1.65. The molecule has 2 fully saturated rings. The van der Waals surface area contributed by atoms with Crippen LogP contribution in [0.5, 0.6) is 11.5 Å². The maximum atomic E-state index is 12.1. The third-order valence-electron chi connectivity index (χ3n) is 4.77. The van der Waals surface area contributed by atoms with Crippen LogP contribution in [0.3, 0.4) is 0 Å². The largest absolute Gasteiger partial charge is 0.493 e. The summed E-state index contributed by atoms with van der Waals surface area (Å²) < 4.78 is 11.2. The molecule has 1 N–H and O–H groups in total. The minimum atomic E-state index is 0.0603. The molecule has 2 saturated heterocycles. The van der Waals surface area contributed by atoms with Crippen molar-refractivity contribution in [1.82, 2.24) is 10.2 Å². The molecule has 2 aliphatic rings. The molecule has 1 aromatic rings. The van der Waals surface area contributed by atoms with Crippen LogP contribution in [0, 0.1) is 0 Å². The van der Waals surface area contributed by atoms with Crippen molar-refractivity contribution in [3.8, 4) is 11.5 Å². The molecule has 126 valence electrons. The number of nitrogens with zero attached hydrogens (tertiary/aromatic N) is 1. The van der Waals surface area contributed by atoms with E-state index in [1.807, 2.05) is 17.0 Å². The van der Waals surface area contributed by atoms with Crippen molar-refractivity contribution in [1.29, 1.82) is 0 Å². The standard InChI is InChI=1S/C18H26N2O3/c1-22-17-11-14(15-5-4-8-19-12-15)6-7-16(17)23-13-18(21)20-9-2-3-10-20/h6-7,11,15,19H,2-5,8-10,12-13H2,1H3. The number of carbonyl (C=O) groups excluding carboxylic acids is 1. The zero-order chi connectivity index (χ0) is 16.1. The number of likely N-dealkylation sites (tertiary alicyclic amines) is 1. The molecule has 1 unspecified atom stereocenters. The smallest absolute Gasteiger partial charge is 0.260 e. The Hall–Kier alpha value is -1.75. The van der Waals surface area contributed by atoms with Crippen molar-refractivity contribution >= 4 is 5.91 Å². The second-order valence-electron chi connectivity index (χ2n) is 6.33. The van der Waals surface area contributed by atoms with E-state index in [0.29, 0.717) is 17.4 Å². The highest BCUT2D eigenvalue weighted by Crippen LogP contribution is 2.33. The van der Waals surface area contributed by atoms with Crippen LogP contribution < -0.4 is 14.8 Å². The number of hydrogen-bond acceptors (Lipinski definition) is 4. The molecule has 0 radical (unpaired) electrons. The van der Waals surface area contributed by atoms with Gasteiger partial charge in [-0.25, -0.2) is 0 Å². The first-order valence-electron chi connectivity index (χ1n) is 8.57. The minimum absolute atomic E-state index is 0.0603. The van der Waals surface area contributed by atoms with Crippen LogP contribution in [-0.2, 0) is 4.79 Å². The Labute approximate surface area is 137 Å².